The van der Waals surface area contributed by atoms with E-state index in [4.69, 9.17) is 14.2 Å². The molecule has 2 atom stereocenters. The van der Waals surface area contributed by atoms with E-state index in [-0.39, 0.29) is 37.3 Å². The van der Waals surface area contributed by atoms with Crippen molar-refractivity contribution in [1.82, 2.24) is 9.80 Å². The third kappa shape index (κ3) is 10.9. The number of piperidine rings is 2. The Morgan fingerprint density at radius 1 is 0.750 bits per heavy atom. The number of aliphatic hydroxyl groups excluding tert-OH is 1. The SMILES string of the molecule is CC(C)(C)OC(=O)N1CCCC(CO)(Cc2ccccc2F)C1.COC(=O)C1(Cc2ccccc2F)CCCN(C(=O)OC(C)(C)C)C1. The zero-order chi connectivity index (χ0) is 35.8. The molecule has 11 heteroatoms. The van der Waals surface area contributed by atoms with Crippen molar-refractivity contribution in [2.75, 3.05) is 39.9 Å². The Bertz CT molecular complexity index is 1410. The number of methoxy groups -OCH3 is 1. The Morgan fingerprint density at radius 3 is 1.67 bits per heavy atom. The smallest absolute Gasteiger partial charge is 0.410 e. The molecule has 2 aliphatic heterocycles. The lowest BCUT2D eigenvalue weighted by atomic mass is 9.75. The molecule has 1 N–H and O–H groups in total. The normalized spacial score (nSPS) is 21.5. The maximum absolute atomic E-state index is 14.1. The molecule has 0 radical (unpaired) electrons. The van der Waals surface area contributed by atoms with Gasteiger partial charge >= 0.3 is 18.2 Å². The first-order valence-corrected chi connectivity index (χ1v) is 16.5. The molecule has 2 aliphatic rings. The number of esters is 1. The van der Waals surface area contributed by atoms with Gasteiger partial charge in [-0.2, -0.15) is 0 Å². The average Bonchev–Trinajstić information content (AvgIpc) is 3.02. The van der Waals surface area contributed by atoms with Gasteiger partial charge in [-0.25, -0.2) is 18.4 Å². The molecule has 0 aromatic heterocycles. The van der Waals surface area contributed by atoms with Crippen LogP contribution in [0.4, 0.5) is 18.4 Å². The summed E-state index contributed by atoms with van der Waals surface area (Å²) in [6.07, 6.45) is 2.46. The van der Waals surface area contributed by atoms with E-state index >= 15 is 0 Å². The van der Waals surface area contributed by atoms with E-state index in [1.165, 1.54) is 24.1 Å². The Kier molecular flexibility index (Phi) is 13.0. The van der Waals surface area contributed by atoms with Crippen LogP contribution in [0.1, 0.15) is 78.4 Å². The summed E-state index contributed by atoms with van der Waals surface area (Å²) < 4.78 is 43.9. The maximum Gasteiger partial charge on any atom is 0.410 e. The van der Waals surface area contributed by atoms with E-state index in [2.05, 4.69) is 0 Å². The molecule has 266 valence electrons. The summed E-state index contributed by atoms with van der Waals surface area (Å²) in [5.74, 6) is -1.06. The van der Waals surface area contributed by atoms with Gasteiger partial charge in [0.15, 0.2) is 0 Å². The highest BCUT2D eigenvalue weighted by Gasteiger charge is 2.46. The van der Waals surface area contributed by atoms with Crippen LogP contribution < -0.4 is 0 Å². The van der Waals surface area contributed by atoms with Crippen LogP contribution >= 0.6 is 0 Å². The summed E-state index contributed by atoms with van der Waals surface area (Å²) in [5.41, 5.74) is -1.63. The number of hydrogen-bond donors (Lipinski definition) is 1. The van der Waals surface area contributed by atoms with Crippen molar-refractivity contribution in [1.29, 1.82) is 0 Å². The van der Waals surface area contributed by atoms with Crippen LogP contribution in [0.25, 0.3) is 0 Å². The van der Waals surface area contributed by atoms with Gasteiger partial charge in [-0.05, 0) is 103 Å². The molecular weight excluding hydrogens is 622 g/mol. The second-order valence-corrected chi connectivity index (χ2v) is 15.0. The Hall–Kier alpha value is -3.73. The molecule has 0 spiro atoms. The minimum Gasteiger partial charge on any atom is -0.469 e. The molecule has 0 aliphatic carbocycles. The van der Waals surface area contributed by atoms with Crippen LogP contribution in [0.5, 0.6) is 0 Å². The Morgan fingerprint density at radius 2 is 1.21 bits per heavy atom. The van der Waals surface area contributed by atoms with Crippen LogP contribution in [0, 0.1) is 22.5 Å². The number of halogens is 2. The number of amides is 2. The second kappa shape index (κ2) is 16.1. The van der Waals surface area contributed by atoms with Crippen LogP contribution in [-0.4, -0.2) is 84.2 Å². The topological polar surface area (TPSA) is 106 Å². The van der Waals surface area contributed by atoms with Crippen molar-refractivity contribution in [2.24, 2.45) is 10.8 Å². The lowest BCUT2D eigenvalue weighted by Crippen LogP contribution is -2.52. The van der Waals surface area contributed by atoms with E-state index in [1.54, 1.807) is 62.1 Å². The van der Waals surface area contributed by atoms with E-state index in [1.807, 2.05) is 20.8 Å². The van der Waals surface area contributed by atoms with Crippen LogP contribution in [0.3, 0.4) is 0 Å². The standard InChI is InChI=1S/C19H26FNO4.C18H26FNO3/c1-18(2,3)25-17(23)21-11-7-10-19(13-21,16(22)24-4)12-14-8-5-6-9-15(14)20;1-17(2,3)23-16(22)20-10-6-9-18(12-20,13-21)11-14-7-4-5-8-15(14)19/h5-6,8-9H,7,10-13H2,1-4H3;4-5,7-8,21H,6,9-13H2,1-3H3. The minimum atomic E-state index is -0.966. The summed E-state index contributed by atoms with van der Waals surface area (Å²) >= 11 is 0. The minimum absolute atomic E-state index is 0.0827. The van der Waals surface area contributed by atoms with E-state index in [0.717, 1.165) is 12.8 Å². The number of aliphatic hydroxyl groups is 1. The van der Waals surface area contributed by atoms with Gasteiger partial charge in [0.1, 0.15) is 22.8 Å². The van der Waals surface area contributed by atoms with Crippen molar-refractivity contribution < 1.29 is 42.5 Å². The molecule has 48 heavy (non-hydrogen) atoms. The molecule has 0 bridgehead atoms. The molecule has 2 unspecified atom stereocenters. The van der Waals surface area contributed by atoms with Gasteiger partial charge in [0.2, 0.25) is 0 Å². The molecule has 2 heterocycles. The first kappa shape index (κ1) is 38.7. The molecule has 2 aromatic rings. The lowest BCUT2D eigenvalue weighted by molar-refractivity contribution is -0.156. The fourth-order valence-electron chi connectivity index (χ4n) is 6.29. The zero-order valence-electron chi connectivity index (χ0n) is 29.4. The van der Waals surface area contributed by atoms with Gasteiger partial charge < -0.3 is 29.1 Å². The van der Waals surface area contributed by atoms with Crippen LogP contribution in [0.15, 0.2) is 48.5 Å². The summed E-state index contributed by atoms with van der Waals surface area (Å²) in [5, 5.41) is 9.92. The largest absolute Gasteiger partial charge is 0.469 e. The summed E-state index contributed by atoms with van der Waals surface area (Å²) in [6.45, 7) is 12.4. The highest BCUT2D eigenvalue weighted by Crippen LogP contribution is 2.37. The van der Waals surface area contributed by atoms with Crippen molar-refractivity contribution in [3.63, 3.8) is 0 Å². The average molecular weight is 675 g/mol. The van der Waals surface area contributed by atoms with Crippen LogP contribution in [0.2, 0.25) is 0 Å². The number of ether oxygens (including phenoxy) is 3. The van der Waals surface area contributed by atoms with E-state index in [0.29, 0.717) is 50.0 Å². The molecule has 0 saturated carbocycles. The third-order valence-corrected chi connectivity index (χ3v) is 8.51. The maximum atomic E-state index is 14.1. The molecular formula is C37H52F2N2O7. The number of likely N-dealkylation sites (tertiary alicyclic amines) is 2. The molecule has 2 aromatic carbocycles. The molecule has 2 amide bonds. The summed E-state index contributed by atoms with van der Waals surface area (Å²) in [7, 11) is 1.32. The van der Waals surface area contributed by atoms with Crippen molar-refractivity contribution in [3.8, 4) is 0 Å². The Labute approximate surface area is 283 Å². The quantitative estimate of drug-likeness (QED) is 0.262. The molecule has 4 rings (SSSR count). The summed E-state index contributed by atoms with van der Waals surface area (Å²) in [6, 6.07) is 13.0. The van der Waals surface area contributed by atoms with Gasteiger partial charge in [-0.3, -0.25) is 4.79 Å². The van der Waals surface area contributed by atoms with Crippen molar-refractivity contribution in [3.05, 3.63) is 71.3 Å². The highest BCUT2D eigenvalue weighted by molar-refractivity contribution is 5.79. The molecule has 2 saturated heterocycles. The van der Waals surface area contributed by atoms with E-state index in [9.17, 15) is 28.3 Å². The fourth-order valence-corrected chi connectivity index (χ4v) is 6.29. The van der Waals surface area contributed by atoms with Gasteiger partial charge in [0.25, 0.3) is 0 Å². The lowest BCUT2D eigenvalue weighted by Gasteiger charge is -2.42. The summed E-state index contributed by atoms with van der Waals surface area (Å²) in [4.78, 5) is 40.4. The molecule has 9 nitrogen and oxygen atoms in total. The van der Waals surface area contributed by atoms with Crippen molar-refractivity contribution >= 4 is 18.2 Å². The first-order chi connectivity index (χ1) is 22.4. The van der Waals surface area contributed by atoms with Crippen molar-refractivity contribution in [2.45, 2.75) is 91.3 Å². The number of carbonyl (C=O) groups is 3. The van der Waals surface area contributed by atoms with Gasteiger partial charge in [0, 0.05) is 31.6 Å². The fraction of sp³-hybridized carbons (Fsp3) is 0.595. The predicted octanol–water partition coefficient (Wildman–Crippen LogP) is 6.94. The van der Waals surface area contributed by atoms with E-state index < -0.39 is 34.1 Å². The number of nitrogens with zero attached hydrogens (tertiary/aromatic N) is 2. The zero-order valence-corrected chi connectivity index (χ0v) is 29.4. The predicted molar refractivity (Wildman–Crippen MR) is 178 cm³/mol. The first-order valence-electron chi connectivity index (χ1n) is 16.5. The molecule has 2 fully saturated rings. The van der Waals surface area contributed by atoms with Crippen LogP contribution in [-0.2, 0) is 31.8 Å². The second-order valence-electron chi connectivity index (χ2n) is 15.0. The third-order valence-electron chi connectivity index (χ3n) is 8.51. The number of carbonyl (C=O) groups excluding carboxylic acids is 3. The number of benzene rings is 2. The van der Waals surface area contributed by atoms with Gasteiger partial charge in [-0.15, -0.1) is 0 Å². The van der Waals surface area contributed by atoms with Gasteiger partial charge in [0.05, 0.1) is 19.1 Å². The van der Waals surface area contributed by atoms with Gasteiger partial charge in [-0.1, -0.05) is 36.4 Å². The number of rotatable bonds is 6. The Balaban J connectivity index is 0.000000261. The monoisotopic (exact) mass is 674 g/mol. The number of hydrogen-bond acceptors (Lipinski definition) is 7. The highest BCUT2D eigenvalue weighted by atomic mass is 19.1.